The largest absolute Gasteiger partial charge is 0.444 e. The zero-order chi connectivity index (χ0) is 13.3. The van der Waals surface area contributed by atoms with Crippen LogP contribution in [0.4, 0.5) is 4.79 Å². The maximum absolute atomic E-state index is 12.0. The molecule has 0 radical (unpaired) electrons. The first kappa shape index (κ1) is 14.0. The normalized spacial score (nSPS) is 31.6. The van der Waals surface area contributed by atoms with Gasteiger partial charge >= 0.3 is 6.09 Å². The number of hydrogen-bond acceptors (Lipinski definition) is 4. The topological polar surface area (TPSA) is 38.8 Å². The van der Waals surface area contributed by atoms with Gasteiger partial charge in [-0.15, -0.1) is 0 Å². The summed E-state index contributed by atoms with van der Waals surface area (Å²) in [4.78, 5) is 13.8. The van der Waals surface area contributed by atoms with Gasteiger partial charge in [0.1, 0.15) is 5.60 Å². The number of hydrogen-bond donors (Lipinski definition) is 0. The Morgan fingerprint density at radius 3 is 2.22 bits per heavy atom. The molecule has 0 aromatic heterocycles. The van der Waals surface area contributed by atoms with Crippen molar-refractivity contribution >= 4 is 18.1 Å². The maximum Gasteiger partial charge on any atom is 0.410 e. The molecule has 5 heteroatoms. The van der Waals surface area contributed by atoms with E-state index in [9.17, 15) is 4.79 Å². The van der Waals surface area contributed by atoms with Crippen LogP contribution in [0.3, 0.4) is 0 Å². The first-order valence-corrected chi connectivity index (χ1v) is 7.71. The van der Waals surface area contributed by atoms with Gasteiger partial charge in [-0.2, -0.15) is 0 Å². The molecule has 18 heavy (non-hydrogen) atoms. The summed E-state index contributed by atoms with van der Waals surface area (Å²) in [7, 11) is 0. The van der Waals surface area contributed by atoms with Crippen LogP contribution >= 0.6 is 12.0 Å². The summed E-state index contributed by atoms with van der Waals surface area (Å²) in [5.41, 5.74) is -0.403. The number of carbonyl (C=O) groups is 1. The second kappa shape index (κ2) is 5.29. The third-order valence-electron chi connectivity index (χ3n) is 3.59. The molecule has 1 unspecified atom stereocenters. The van der Waals surface area contributed by atoms with Gasteiger partial charge in [0.15, 0.2) is 0 Å². The van der Waals surface area contributed by atoms with Crippen LogP contribution in [0.25, 0.3) is 0 Å². The van der Waals surface area contributed by atoms with Crippen LogP contribution in [0.2, 0.25) is 0 Å². The van der Waals surface area contributed by atoms with Crippen LogP contribution in [-0.2, 0) is 8.92 Å². The number of fused-ring (bicyclic) bond motifs is 1. The van der Waals surface area contributed by atoms with Crippen LogP contribution in [-0.4, -0.2) is 42.0 Å². The van der Waals surface area contributed by atoms with Gasteiger partial charge in [-0.1, -0.05) is 0 Å². The van der Waals surface area contributed by atoms with Crippen molar-refractivity contribution in [2.45, 2.75) is 45.3 Å². The molecule has 1 saturated carbocycles. The molecule has 1 amide bonds. The summed E-state index contributed by atoms with van der Waals surface area (Å²) in [6.07, 6.45) is 4.31. The van der Waals surface area contributed by atoms with Crippen molar-refractivity contribution in [1.82, 2.24) is 4.90 Å². The Bertz CT molecular complexity index is 302. The summed E-state index contributed by atoms with van der Waals surface area (Å²) < 4.78 is 11.0. The van der Waals surface area contributed by atoms with E-state index in [4.69, 9.17) is 8.92 Å². The maximum atomic E-state index is 12.0. The third kappa shape index (κ3) is 3.32. The number of ether oxygens (including phenoxy) is 1. The molecule has 1 heterocycles. The quantitative estimate of drug-likeness (QED) is 0.725. The van der Waals surface area contributed by atoms with Crippen LogP contribution in [0, 0.1) is 11.8 Å². The van der Waals surface area contributed by atoms with Crippen molar-refractivity contribution in [1.29, 1.82) is 0 Å². The number of carbonyl (C=O) groups excluding carboxylic acids is 1. The second-order valence-electron chi connectivity index (χ2n) is 6.26. The fourth-order valence-corrected chi connectivity index (χ4v) is 3.36. The molecule has 1 saturated heterocycles. The Balaban J connectivity index is 1.83. The van der Waals surface area contributed by atoms with E-state index in [1.54, 1.807) is 0 Å². The molecule has 1 aliphatic carbocycles. The van der Waals surface area contributed by atoms with Crippen molar-refractivity contribution in [3.8, 4) is 0 Å². The highest BCUT2D eigenvalue weighted by Crippen LogP contribution is 2.40. The molecule has 1 aliphatic heterocycles. The van der Waals surface area contributed by atoms with Gasteiger partial charge in [0.05, 0.1) is 6.10 Å². The van der Waals surface area contributed by atoms with Gasteiger partial charge in [0, 0.05) is 19.3 Å². The summed E-state index contributed by atoms with van der Waals surface area (Å²) in [5, 5.41) is 0. The van der Waals surface area contributed by atoms with Crippen LogP contribution in [0.1, 0.15) is 33.6 Å². The molecular formula is C13H23NO3S. The predicted molar refractivity (Wildman–Crippen MR) is 72.4 cm³/mol. The zero-order valence-electron chi connectivity index (χ0n) is 11.6. The summed E-state index contributed by atoms with van der Waals surface area (Å²) in [6.45, 7) is 7.38. The molecule has 0 N–H and O–H groups in total. The lowest BCUT2D eigenvalue weighted by Gasteiger charge is -2.25. The van der Waals surface area contributed by atoms with E-state index in [-0.39, 0.29) is 6.09 Å². The van der Waals surface area contributed by atoms with E-state index in [0.717, 1.165) is 25.9 Å². The molecule has 4 nitrogen and oxygen atoms in total. The third-order valence-corrected chi connectivity index (χ3v) is 4.06. The highest BCUT2D eigenvalue weighted by Gasteiger charge is 2.43. The van der Waals surface area contributed by atoms with Crippen LogP contribution < -0.4 is 0 Å². The first-order chi connectivity index (χ1) is 8.39. The standard InChI is InChI=1S/C13H23NO3S/c1-13(2,3)16-12(15)14-7-9-5-11(17-18-4)6-10(9)8-14/h9-11H,5-8H2,1-4H3/t9-,10+,11?. The first-order valence-electron chi connectivity index (χ1n) is 6.56. The summed E-state index contributed by atoms with van der Waals surface area (Å²) in [5.74, 6) is 1.18. The highest BCUT2D eigenvalue weighted by atomic mass is 32.2. The van der Waals surface area contributed by atoms with E-state index in [1.165, 1.54) is 12.0 Å². The molecule has 0 aromatic rings. The SMILES string of the molecule is CSOC1C[C@@H]2CN(C(=O)OC(C)(C)C)C[C@@H]2C1. The van der Waals surface area contributed by atoms with E-state index >= 15 is 0 Å². The fourth-order valence-electron chi connectivity index (χ4n) is 2.93. The lowest BCUT2D eigenvalue weighted by atomic mass is 10.0. The van der Waals surface area contributed by atoms with Gasteiger partial charge in [-0.3, -0.25) is 0 Å². The highest BCUT2D eigenvalue weighted by molar-refractivity contribution is 7.93. The van der Waals surface area contributed by atoms with E-state index in [0.29, 0.717) is 17.9 Å². The van der Waals surface area contributed by atoms with Crippen molar-refractivity contribution in [2.75, 3.05) is 19.3 Å². The average Bonchev–Trinajstić information content (AvgIpc) is 2.72. The van der Waals surface area contributed by atoms with Crippen molar-refractivity contribution < 1.29 is 13.7 Å². The number of likely N-dealkylation sites (tertiary alicyclic amines) is 1. The smallest absolute Gasteiger partial charge is 0.410 e. The summed E-state index contributed by atoms with van der Waals surface area (Å²) in [6, 6.07) is 0. The number of rotatable bonds is 2. The zero-order valence-corrected chi connectivity index (χ0v) is 12.5. The van der Waals surface area contributed by atoms with Gasteiger partial charge in [0.2, 0.25) is 0 Å². The molecule has 2 aliphatic rings. The molecule has 0 aromatic carbocycles. The minimum absolute atomic E-state index is 0.167. The van der Waals surface area contributed by atoms with Gasteiger partial charge < -0.3 is 13.8 Å². The average molecular weight is 273 g/mol. The van der Waals surface area contributed by atoms with Crippen molar-refractivity contribution in [3.63, 3.8) is 0 Å². The molecule has 2 rings (SSSR count). The lowest BCUT2D eigenvalue weighted by Crippen LogP contribution is -2.36. The summed E-state index contributed by atoms with van der Waals surface area (Å²) >= 11 is 1.45. The molecule has 0 spiro atoms. The van der Waals surface area contributed by atoms with Gasteiger partial charge in [-0.25, -0.2) is 4.79 Å². The van der Waals surface area contributed by atoms with E-state index in [1.807, 2.05) is 31.9 Å². The Hall–Kier alpha value is -0.420. The number of nitrogens with zero attached hydrogens (tertiary/aromatic N) is 1. The van der Waals surface area contributed by atoms with Gasteiger partial charge in [0.25, 0.3) is 0 Å². The second-order valence-corrected chi connectivity index (χ2v) is 6.79. The molecule has 3 atom stereocenters. The lowest BCUT2D eigenvalue weighted by molar-refractivity contribution is 0.0273. The molecule has 0 bridgehead atoms. The van der Waals surface area contributed by atoms with Crippen LogP contribution in [0.5, 0.6) is 0 Å². The fraction of sp³-hybridized carbons (Fsp3) is 0.923. The van der Waals surface area contributed by atoms with E-state index < -0.39 is 5.60 Å². The molecular weight excluding hydrogens is 250 g/mol. The van der Waals surface area contributed by atoms with Crippen molar-refractivity contribution in [3.05, 3.63) is 0 Å². The van der Waals surface area contributed by atoms with Gasteiger partial charge in [-0.05, 0) is 57.5 Å². The molecule has 104 valence electrons. The molecule has 2 fully saturated rings. The predicted octanol–water partition coefficient (Wildman–Crippen LogP) is 2.93. The Kier molecular flexibility index (Phi) is 4.11. The Labute approximate surface area is 114 Å². The Morgan fingerprint density at radius 2 is 1.78 bits per heavy atom. The van der Waals surface area contributed by atoms with Crippen LogP contribution in [0.15, 0.2) is 0 Å². The van der Waals surface area contributed by atoms with E-state index in [2.05, 4.69) is 0 Å². The minimum Gasteiger partial charge on any atom is -0.444 e. The van der Waals surface area contributed by atoms with Crippen molar-refractivity contribution in [2.24, 2.45) is 11.8 Å². The Morgan fingerprint density at radius 1 is 1.22 bits per heavy atom. The monoisotopic (exact) mass is 273 g/mol. The minimum atomic E-state index is -0.403. The number of amides is 1.